The van der Waals surface area contributed by atoms with Crippen LogP contribution in [0.25, 0.3) is 0 Å². The fourth-order valence-electron chi connectivity index (χ4n) is 4.63. The highest BCUT2D eigenvalue weighted by atomic mass is 31.2. The number of carbonyl (C=O) groups is 2. The summed E-state index contributed by atoms with van der Waals surface area (Å²) in [5, 5.41) is 35.3. The minimum atomic E-state index is -3.86. The lowest BCUT2D eigenvalue weighted by atomic mass is 10.0. The Labute approximate surface area is 324 Å². The first kappa shape index (κ1) is 45.9. The van der Waals surface area contributed by atoms with E-state index in [1.54, 1.807) is 84.9 Å². The molecule has 0 aromatic heterocycles. The van der Waals surface area contributed by atoms with Crippen molar-refractivity contribution < 1.29 is 48.2 Å². The summed E-state index contributed by atoms with van der Waals surface area (Å²) in [5.41, 5.74) is 3.71. The molecule has 4 N–H and O–H groups in total. The highest BCUT2D eigenvalue weighted by Gasteiger charge is 2.31. The Bertz CT molecular complexity index is 1710. The number of carboxylic acids is 2. The molecule has 0 bridgehead atoms. The van der Waals surface area contributed by atoms with E-state index in [0.29, 0.717) is 29.0 Å². The van der Waals surface area contributed by atoms with Gasteiger partial charge in [-0.2, -0.15) is 0 Å². The van der Waals surface area contributed by atoms with Crippen LogP contribution in [0.2, 0.25) is 0 Å². The summed E-state index contributed by atoms with van der Waals surface area (Å²) < 4.78 is 30.1. The van der Waals surface area contributed by atoms with Gasteiger partial charge in [0.2, 0.25) is 0 Å². The van der Waals surface area contributed by atoms with Crippen LogP contribution in [-0.2, 0) is 15.7 Å². The van der Waals surface area contributed by atoms with E-state index in [2.05, 4.69) is 0 Å². The minimum Gasteiger partial charge on any atom is -0.478 e. The molecule has 0 amide bonds. The van der Waals surface area contributed by atoms with Gasteiger partial charge in [0.25, 0.3) is 0 Å². The van der Waals surface area contributed by atoms with Crippen LogP contribution < -0.4 is 9.05 Å². The van der Waals surface area contributed by atoms with Crippen molar-refractivity contribution in [2.45, 2.75) is 78.6 Å². The normalized spacial score (nSPS) is 11.5. The lowest BCUT2D eigenvalue weighted by molar-refractivity contribution is 0.0686. The molecule has 0 aliphatic carbocycles. The average molecular weight is 773 g/mol. The lowest BCUT2D eigenvalue weighted by Gasteiger charge is -2.19. The smallest absolute Gasteiger partial charge is 0.478 e. The number of carboxylic acid groups (broad SMARTS) is 2. The average Bonchev–Trinajstić information content (AvgIpc) is 3.18. The maximum Gasteiger partial charge on any atom is 0.587 e. The van der Waals surface area contributed by atoms with Crippen molar-refractivity contribution in [1.29, 1.82) is 0 Å². The van der Waals surface area contributed by atoms with Gasteiger partial charge in [0.15, 0.2) is 0 Å². The van der Waals surface area contributed by atoms with Gasteiger partial charge in [0, 0.05) is 0 Å². The first-order chi connectivity index (χ1) is 26.3. The molecule has 11 heteroatoms. The molecule has 0 aliphatic rings. The number of aryl methyl sites for hydroxylation is 2. The highest BCUT2D eigenvalue weighted by molar-refractivity contribution is 7.49. The van der Waals surface area contributed by atoms with Crippen molar-refractivity contribution in [3.63, 3.8) is 0 Å². The third kappa shape index (κ3) is 20.1. The van der Waals surface area contributed by atoms with Gasteiger partial charge in [-0.1, -0.05) is 129 Å². The second-order valence-electron chi connectivity index (χ2n) is 12.5. The number of aromatic carboxylic acids is 2. The summed E-state index contributed by atoms with van der Waals surface area (Å²) in [6, 6.07) is 40.6. The van der Waals surface area contributed by atoms with Gasteiger partial charge in [-0.3, -0.25) is 4.52 Å². The van der Waals surface area contributed by atoms with E-state index in [4.69, 9.17) is 23.8 Å². The summed E-state index contributed by atoms with van der Waals surface area (Å²) in [6.45, 7) is 8.14. The zero-order valence-electron chi connectivity index (χ0n) is 31.9. The molecule has 0 heterocycles. The van der Waals surface area contributed by atoms with E-state index in [1.165, 1.54) is 0 Å². The number of hydrogen-bond donors (Lipinski definition) is 4. The van der Waals surface area contributed by atoms with Gasteiger partial charge in [0.05, 0.1) is 29.9 Å². The molecule has 5 rings (SSSR count). The Morgan fingerprint density at radius 1 is 0.564 bits per heavy atom. The fourth-order valence-corrected chi connectivity index (χ4v) is 5.84. The van der Waals surface area contributed by atoms with Crippen LogP contribution in [-0.4, -0.2) is 44.6 Å². The molecule has 5 aromatic rings. The Hall–Kier alpha value is -5.25. The molecule has 10 nitrogen and oxygen atoms in total. The molecule has 294 valence electrons. The molecule has 0 fully saturated rings. The van der Waals surface area contributed by atoms with Gasteiger partial charge in [-0.25, -0.2) is 14.2 Å². The second-order valence-corrected chi connectivity index (χ2v) is 14.0. The van der Waals surface area contributed by atoms with Crippen LogP contribution in [0.3, 0.4) is 0 Å². The van der Waals surface area contributed by atoms with E-state index in [9.17, 15) is 24.4 Å². The maximum absolute atomic E-state index is 13.2. The topological polar surface area (TPSA) is 160 Å². The third-order valence-electron chi connectivity index (χ3n) is 7.54. The van der Waals surface area contributed by atoms with Gasteiger partial charge in [-0.05, 0) is 87.2 Å². The molecule has 5 aromatic carbocycles. The molecule has 0 saturated carbocycles. The SMILES string of the molecule is CCCC(O)CC(O)CCC.Cc1ccc(OP(=O)(OCc2ccccc2)Oc2ccc(C)cc2)cc1.O=C(O)c1ccccc1.O=C(O)c1ccccc1. The van der Waals surface area contributed by atoms with Crippen LogP contribution in [0.4, 0.5) is 0 Å². The minimum absolute atomic E-state index is 0.121. The van der Waals surface area contributed by atoms with Crippen LogP contribution in [0.5, 0.6) is 11.5 Å². The summed E-state index contributed by atoms with van der Waals surface area (Å²) >= 11 is 0. The van der Waals surface area contributed by atoms with Gasteiger partial charge >= 0.3 is 19.8 Å². The van der Waals surface area contributed by atoms with Crippen molar-refractivity contribution in [3.05, 3.63) is 167 Å². The summed E-state index contributed by atoms with van der Waals surface area (Å²) in [6.07, 6.45) is 3.52. The quantitative estimate of drug-likeness (QED) is 0.0754. The van der Waals surface area contributed by atoms with Crippen LogP contribution in [0.15, 0.2) is 140 Å². The molecule has 0 radical (unpaired) electrons. The number of aliphatic hydroxyl groups excluding tert-OH is 2. The second kappa shape index (κ2) is 25.7. The summed E-state index contributed by atoms with van der Waals surface area (Å²) in [4.78, 5) is 20.4. The van der Waals surface area contributed by atoms with Crippen LogP contribution in [0, 0.1) is 13.8 Å². The number of benzene rings is 5. The van der Waals surface area contributed by atoms with E-state index in [0.717, 1.165) is 42.4 Å². The zero-order valence-corrected chi connectivity index (χ0v) is 32.8. The monoisotopic (exact) mass is 772 g/mol. The Morgan fingerprint density at radius 3 is 1.22 bits per heavy atom. The Morgan fingerprint density at radius 2 is 0.909 bits per heavy atom. The number of phosphoric acid groups is 1. The predicted octanol–water partition coefficient (Wildman–Crippen LogP) is 10.6. The molecule has 0 saturated heterocycles. The molecule has 2 atom stereocenters. The maximum atomic E-state index is 13.2. The van der Waals surface area contributed by atoms with E-state index < -0.39 is 19.8 Å². The molecular weight excluding hydrogens is 719 g/mol. The molecule has 0 aliphatic heterocycles. The lowest BCUT2D eigenvalue weighted by Crippen LogP contribution is -2.16. The van der Waals surface area contributed by atoms with Crippen molar-refractivity contribution in [1.82, 2.24) is 0 Å². The zero-order chi connectivity index (χ0) is 40.5. The standard InChI is InChI=1S/C21H21O4P.C9H20O2.2C7H6O2/c1-17-8-12-20(13-9-17)24-26(22,23-16-19-6-4-3-5-7-19)25-21-14-10-18(2)11-15-21;1-3-5-8(10)7-9(11)6-4-2;2*8-7(9)6-4-2-1-3-5-6/h3-15H,16H2,1-2H3;8-11H,3-7H2,1-2H3;2*1-5H,(H,8,9). The van der Waals surface area contributed by atoms with Crippen LogP contribution >= 0.6 is 7.82 Å². The number of hydrogen-bond acceptors (Lipinski definition) is 8. The fraction of sp³-hybridized carbons (Fsp3) is 0.273. The van der Waals surface area contributed by atoms with Crippen LogP contribution in [0.1, 0.15) is 83.4 Å². The molecule has 55 heavy (non-hydrogen) atoms. The summed E-state index contributed by atoms with van der Waals surface area (Å²) in [5.74, 6) is -0.899. The highest BCUT2D eigenvalue weighted by Crippen LogP contribution is 2.50. The number of phosphoric ester groups is 1. The van der Waals surface area contributed by atoms with Gasteiger partial charge in [0.1, 0.15) is 11.5 Å². The molecule has 2 unspecified atom stereocenters. The van der Waals surface area contributed by atoms with E-state index in [1.807, 2.05) is 82.3 Å². The van der Waals surface area contributed by atoms with Crippen molar-refractivity contribution in [3.8, 4) is 11.5 Å². The van der Waals surface area contributed by atoms with Crippen molar-refractivity contribution in [2.75, 3.05) is 0 Å². The predicted molar refractivity (Wildman–Crippen MR) is 216 cm³/mol. The van der Waals surface area contributed by atoms with Gasteiger partial charge in [-0.15, -0.1) is 0 Å². The van der Waals surface area contributed by atoms with Gasteiger partial charge < -0.3 is 29.5 Å². The van der Waals surface area contributed by atoms with Crippen molar-refractivity contribution in [2.24, 2.45) is 0 Å². The summed E-state index contributed by atoms with van der Waals surface area (Å²) in [7, 11) is -3.86. The Balaban J connectivity index is 0.000000296. The number of rotatable bonds is 15. The molecular formula is C44H53O10P. The molecule has 0 spiro atoms. The first-order valence-corrected chi connectivity index (χ1v) is 19.5. The largest absolute Gasteiger partial charge is 0.587 e. The van der Waals surface area contributed by atoms with E-state index >= 15 is 0 Å². The van der Waals surface area contributed by atoms with E-state index in [-0.39, 0.29) is 18.8 Å². The third-order valence-corrected chi connectivity index (χ3v) is 8.85. The Kier molecular flexibility index (Phi) is 21.5. The van der Waals surface area contributed by atoms with Crippen molar-refractivity contribution >= 4 is 19.8 Å². The first-order valence-electron chi connectivity index (χ1n) is 18.1. The number of aliphatic hydroxyl groups is 2.